The molecule has 5 rings (SSSR count). The maximum absolute atomic E-state index is 4.62. The second kappa shape index (κ2) is 5.69. The average molecular weight is 322 g/mol. The van der Waals surface area contributed by atoms with Crippen molar-refractivity contribution in [2.24, 2.45) is 5.92 Å². The smallest absolute Gasteiger partial charge is 0.151 e. The molecule has 24 heavy (non-hydrogen) atoms. The summed E-state index contributed by atoms with van der Waals surface area (Å²) in [6, 6.07) is 4.21. The second-order valence-electron chi connectivity index (χ2n) is 7.25. The molecular formula is C18H22N6. The van der Waals surface area contributed by atoms with Crippen molar-refractivity contribution < 1.29 is 0 Å². The summed E-state index contributed by atoms with van der Waals surface area (Å²) in [5, 5.41) is 12.3. The first-order chi connectivity index (χ1) is 11.8. The van der Waals surface area contributed by atoms with Gasteiger partial charge >= 0.3 is 0 Å². The SMILES string of the molecule is c1cc(NCC2CN(c3cc4c(nn3)CCC4)C2)nc(C2CC2)n1. The van der Waals surface area contributed by atoms with Crippen LogP contribution in [0, 0.1) is 5.92 Å². The molecule has 6 nitrogen and oxygen atoms in total. The third kappa shape index (κ3) is 2.70. The Bertz CT molecular complexity index is 751. The first-order valence-corrected chi connectivity index (χ1v) is 9.02. The lowest BCUT2D eigenvalue weighted by Crippen LogP contribution is -2.50. The van der Waals surface area contributed by atoms with Crippen LogP contribution in [0.25, 0.3) is 0 Å². The largest absolute Gasteiger partial charge is 0.370 e. The predicted molar refractivity (Wildman–Crippen MR) is 92.3 cm³/mol. The summed E-state index contributed by atoms with van der Waals surface area (Å²) in [7, 11) is 0. The van der Waals surface area contributed by atoms with E-state index in [1.807, 2.05) is 12.3 Å². The number of nitrogens with zero attached hydrogens (tertiary/aromatic N) is 5. The number of anilines is 2. The van der Waals surface area contributed by atoms with E-state index in [9.17, 15) is 0 Å². The molecule has 0 amide bonds. The molecule has 1 saturated heterocycles. The number of rotatable bonds is 5. The minimum atomic E-state index is 0.601. The minimum absolute atomic E-state index is 0.601. The van der Waals surface area contributed by atoms with Gasteiger partial charge < -0.3 is 10.2 Å². The topological polar surface area (TPSA) is 66.8 Å². The van der Waals surface area contributed by atoms with Crippen molar-refractivity contribution in [3.05, 3.63) is 35.4 Å². The zero-order valence-corrected chi connectivity index (χ0v) is 13.8. The Hall–Kier alpha value is -2.24. The van der Waals surface area contributed by atoms with Crippen molar-refractivity contribution in [1.82, 2.24) is 20.2 Å². The molecule has 3 aliphatic rings. The molecule has 0 unspecified atom stereocenters. The van der Waals surface area contributed by atoms with E-state index in [2.05, 4.69) is 36.4 Å². The summed E-state index contributed by atoms with van der Waals surface area (Å²) < 4.78 is 0. The molecule has 124 valence electrons. The fourth-order valence-electron chi connectivity index (χ4n) is 3.62. The lowest BCUT2D eigenvalue weighted by Gasteiger charge is -2.40. The van der Waals surface area contributed by atoms with Gasteiger partial charge in [0.1, 0.15) is 11.6 Å². The first-order valence-electron chi connectivity index (χ1n) is 9.02. The van der Waals surface area contributed by atoms with E-state index in [4.69, 9.17) is 0 Å². The van der Waals surface area contributed by atoms with Gasteiger partial charge in [0.05, 0.1) is 5.69 Å². The van der Waals surface area contributed by atoms with E-state index in [0.29, 0.717) is 11.8 Å². The van der Waals surface area contributed by atoms with Crippen molar-refractivity contribution in [1.29, 1.82) is 0 Å². The number of fused-ring (bicyclic) bond motifs is 1. The van der Waals surface area contributed by atoms with Crippen LogP contribution in [0.4, 0.5) is 11.6 Å². The molecular weight excluding hydrogens is 300 g/mol. The highest BCUT2D eigenvalue weighted by atomic mass is 15.3. The maximum Gasteiger partial charge on any atom is 0.151 e. The zero-order valence-electron chi connectivity index (χ0n) is 13.8. The van der Waals surface area contributed by atoms with Crippen LogP contribution in [0.15, 0.2) is 18.3 Å². The van der Waals surface area contributed by atoms with Crippen molar-refractivity contribution in [3.8, 4) is 0 Å². The summed E-state index contributed by atoms with van der Waals surface area (Å²) in [6.45, 7) is 3.04. The quantitative estimate of drug-likeness (QED) is 0.910. The van der Waals surface area contributed by atoms with Crippen LogP contribution >= 0.6 is 0 Å². The van der Waals surface area contributed by atoms with Crippen LogP contribution in [-0.4, -0.2) is 39.8 Å². The Labute approximate surface area is 141 Å². The third-order valence-corrected chi connectivity index (χ3v) is 5.28. The van der Waals surface area contributed by atoms with Gasteiger partial charge in [0.2, 0.25) is 0 Å². The van der Waals surface area contributed by atoms with Crippen LogP contribution in [0.3, 0.4) is 0 Å². The molecule has 2 aromatic heterocycles. The van der Waals surface area contributed by atoms with Gasteiger partial charge in [-0.25, -0.2) is 9.97 Å². The lowest BCUT2D eigenvalue weighted by molar-refractivity contribution is 0.425. The molecule has 2 aromatic rings. The average Bonchev–Trinajstić information content (AvgIpc) is 3.32. The van der Waals surface area contributed by atoms with Crippen molar-refractivity contribution in [2.45, 2.75) is 38.0 Å². The van der Waals surface area contributed by atoms with Gasteiger partial charge in [0, 0.05) is 37.7 Å². The van der Waals surface area contributed by atoms with E-state index in [0.717, 1.165) is 49.9 Å². The summed E-state index contributed by atoms with van der Waals surface area (Å²) in [6.07, 6.45) is 7.83. The van der Waals surface area contributed by atoms with Gasteiger partial charge in [0.15, 0.2) is 5.82 Å². The summed E-state index contributed by atoms with van der Waals surface area (Å²) in [5.74, 6) is 4.25. The molecule has 2 fully saturated rings. The summed E-state index contributed by atoms with van der Waals surface area (Å²) in [5.41, 5.74) is 2.60. The molecule has 6 heteroatoms. The highest BCUT2D eigenvalue weighted by Crippen LogP contribution is 2.38. The number of aryl methyl sites for hydroxylation is 2. The van der Waals surface area contributed by atoms with E-state index >= 15 is 0 Å². The van der Waals surface area contributed by atoms with Gasteiger partial charge in [-0.1, -0.05) is 0 Å². The van der Waals surface area contributed by atoms with Crippen LogP contribution in [0.1, 0.15) is 42.3 Å². The fourth-order valence-corrected chi connectivity index (χ4v) is 3.62. The van der Waals surface area contributed by atoms with Crippen LogP contribution < -0.4 is 10.2 Å². The van der Waals surface area contributed by atoms with Gasteiger partial charge in [-0.15, -0.1) is 5.10 Å². The Morgan fingerprint density at radius 3 is 2.96 bits per heavy atom. The van der Waals surface area contributed by atoms with E-state index in [1.165, 1.54) is 30.5 Å². The standard InChI is InChI=1S/C18H22N6/c1-2-14-8-17(23-22-15(14)3-1)24-10-12(11-24)9-20-16-6-7-19-18(21-16)13-4-5-13/h6-8,12-13H,1-5,9-11H2,(H,19,20,21). The van der Waals surface area contributed by atoms with E-state index in [1.54, 1.807) is 0 Å². The molecule has 0 bridgehead atoms. The van der Waals surface area contributed by atoms with Crippen molar-refractivity contribution in [3.63, 3.8) is 0 Å². The van der Waals surface area contributed by atoms with Crippen LogP contribution in [-0.2, 0) is 12.8 Å². The summed E-state index contributed by atoms with van der Waals surface area (Å²) in [4.78, 5) is 11.3. The predicted octanol–water partition coefficient (Wildman–Crippen LogP) is 2.18. The number of hydrogen-bond acceptors (Lipinski definition) is 6. The fraction of sp³-hybridized carbons (Fsp3) is 0.556. The molecule has 0 spiro atoms. The minimum Gasteiger partial charge on any atom is -0.370 e. The first kappa shape index (κ1) is 14.1. The van der Waals surface area contributed by atoms with Crippen molar-refractivity contribution >= 4 is 11.6 Å². The molecule has 0 atom stereocenters. The van der Waals surface area contributed by atoms with Gasteiger partial charge in [-0.3, -0.25) is 0 Å². The summed E-state index contributed by atoms with van der Waals surface area (Å²) >= 11 is 0. The monoisotopic (exact) mass is 322 g/mol. The van der Waals surface area contributed by atoms with Gasteiger partial charge in [0.25, 0.3) is 0 Å². The molecule has 2 aliphatic carbocycles. The van der Waals surface area contributed by atoms with E-state index < -0.39 is 0 Å². The van der Waals surface area contributed by atoms with Gasteiger partial charge in [-0.05, 0) is 49.8 Å². The van der Waals surface area contributed by atoms with Gasteiger partial charge in [-0.2, -0.15) is 5.10 Å². The van der Waals surface area contributed by atoms with Crippen molar-refractivity contribution in [2.75, 3.05) is 29.9 Å². The Morgan fingerprint density at radius 1 is 1.17 bits per heavy atom. The number of aromatic nitrogens is 4. The second-order valence-corrected chi connectivity index (χ2v) is 7.25. The number of nitrogens with one attached hydrogen (secondary N) is 1. The molecule has 3 heterocycles. The Balaban J connectivity index is 1.15. The third-order valence-electron chi connectivity index (χ3n) is 5.28. The zero-order chi connectivity index (χ0) is 15.9. The maximum atomic E-state index is 4.62. The molecule has 1 aliphatic heterocycles. The normalized spacial score (nSPS) is 19.9. The lowest BCUT2D eigenvalue weighted by atomic mass is 10.00. The number of hydrogen-bond donors (Lipinski definition) is 1. The molecule has 1 N–H and O–H groups in total. The molecule has 0 radical (unpaired) electrons. The van der Waals surface area contributed by atoms with Crippen LogP contribution in [0.2, 0.25) is 0 Å². The molecule has 1 saturated carbocycles. The highest BCUT2D eigenvalue weighted by molar-refractivity contribution is 5.45. The van der Waals surface area contributed by atoms with E-state index in [-0.39, 0.29) is 0 Å². The van der Waals surface area contributed by atoms with Crippen LogP contribution in [0.5, 0.6) is 0 Å². The highest BCUT2D eigenvalue weighted by Gasteiger charge is 2.29. The molecule has 0 aromatic carbocycles. The Morgan fingerprint density at radius 2 is 2.08 bits per heavy atom. The Kier molecular flexibility index (Phi) is 3.35.